The SMILES string of the molecule is CC(CO)(CO)NCc1cccc(C#N)c1. The average Bonchev–Trinajstić information content (AvgIpc) is 2.36. The molecular formula is C12H16N2O2. The molecule has 0 aromatic heterocycles. The minimum Gasteiger partial charge on any atom is -0.394 e. The first kappa shape index (κ1) is 12.7. The minimum atomic E-state index is -0.692. The zero-order valence-electron chi connectivity index (χ0n) is 9.27. The van der Waals surface area contributed by atoms with E-state index < -0.39 is 5.54 Å². The molecule has 0 atom stereocenters. The topological polar surface area (TPSA) is 76.3 Å². The van der Waals surface area contributed by atoms with Crippen LogP contribution in [0.1, 0.15) is 18.1 Å². The summed E-state index contributed by atoms with van der Waals surface area (Å²) >= 11 is 0. The quantitative estimate of drug-likeness (QED) is 0.671. The Morgan fingerprint density at radius 1 is 1.38 bits per heavy atom. The average molecular weight is 220 g/mol. The summed E-state index contributed by atoms with van der Waals surface area (Å²) in [5.74, 6) is 0. The maximum Gasteiger partial charge on any atom is 0.0991 e. The highest BCUT2D eigenvalue weighted by Gasteiger charge is 2.20. The van der Waals surface area contributed by atoms with Crippen LogP contribution in [-0.2, 0) is 6.54 Å². The van der Waals surface area contributed by atoms with Crippen molar-refractivity contribution in [3.63, 3.8) is 0 Å². The van der Waals surface area contributed by atoms with Gasteiger partial charge in [0.05, 0.1) is 30.4 Å². The van der Waals surface area contributed by atoms with E-state index in [9.17, 15) is 0 Å². The molecule has 0 radical (unpaired) electrons. The molecule has 16 heavy (non-hydrogen) atoms. The van der Waals surface area contributed by atoms with Gasteiger partial charge in [0.1, 0.15) is 0 Å². The molecule has 1 aromatic carbocycles. The Kier molecular flexibility index (Phi) is 4.44. The van der Waals surface area contributed by atoms with Crippen molar-refractivity contribution in [3.05, 3.63) is 35.4 Å². The zero-order chi connectivity index (χ0) is 12.0. The van der Waals surface area contributed by atoms with Gasteiger partial charge in [-0.15, -0.1) is 0 Å². The summed E-state index contributed by atoms with van der Waals surface area (Å²) in [6.45, 7) is 1.97. The van der Waals surface area contributed by atoms with E-state index >= 15 is 0 Å². The van der Waals surface area contributed by atoms with Crippen LogP contribution in [0.2, 0.25) is 0 Å². The third kappa shape index (κ3) is 3.31. The van der Waals surface area contributed by atoms with Crippen molar-refractivity contribution in [2.45, 2.75) is 19.0 Å². The molecular weight excluding hydrogens is 204 g/mol. The smallest absolute Gasteiger partial charge is 0.0991 e. The van der Waals surface area contributed by atoms with Gasteiger partial charge < -0.3 is 15.5 Å². The van der Waals surface area contributed by atoms with E-state index in [0.29, 0.717) is 12.1 Å². The lowest BCUT2D eigenvalue weighted by molar-refractivity contribution is 0.103. The predicted octanol–water partition coefficient (Wildman–Crippen LogP) is 0.391. The molecule has 0 fully saturated rings. The van der Waals surface area contributed by atoms with Crippen LogP contribution in [0.15, 0.2) is 24.3 Å². The fourth-order valence-corrected chi connectivity index (χ4v) is 1.23. The first-order valence-electron chi connectivity index (χ1n) is 5.09. The van der Waals surface area contributed by atoms with E-state index in [1.54, 1.807) is 19.1 Å². The summed E-state index contributed by atoms with van der Waals surface area (Å²) in [7, 11) is 0. The molecule has 0 aliphatic heterocycles. The summed E-state index contributed by atoms with van der Waals surface area (Å²) in [4.78, 5) is 0. The Morgan fingerprint density at radius 2 is 2.06 bits per heavy atom. The second-order valence-electron chi connectivity index (χ2n) is 4.04. The van der Waals surface area contributed by atoms with E-state index in [0.717, 1.165) is 5.56 Å². The van der Waals surface area contributed by atoms with Crippen molar-refractivity contribution in [1.29, 1.82) is 5.26 Å². The van der Waals surface area contributed by atoms with Gasteiger partial charge in [0.15, 0.2) is 0 Å². The number of nitrogens with zero attached hydrogens (tertiary/aromatic N) is 1. The second kappa shape index (κ2) is 5.61. The van der Waals surface area contributed by atoms with Crippen molar-refractivity contribution in [2.75, 3.05) is 13.2 Å². The third-order valence-corrected chi connectivity index (χ3v) is 2.47. The lowest BCUT2D eigenvalue weighted by atomic mass is 10.0. The van der Waals surface area contributed by atoms with Crippen LogP contribution in [0.4, 0.5) is 0 Å². The number of aliphatic hydroxyl groups is 2. The first-order valence-corrected chi connectivity index (χ1v) is 5.09. The first-order chi connectivity index (χ1) is 7.63. The highest BCUT2D eigenvalue weighted by Crippen LogP contribution is 2.07. The van der Waals surface area contributed by atoms with Crippen LogP contribution in [0.3, 0.4) is 0 Å². The van der Waals surface area contributed by atoms with Crippen molar-refractivity contribution in [3.8, 4) is 6.07 Å². The molecule has 0 spiro atoms. The molecule has 0 aliphatic carbocycles. The van der Waals surface area contributed by atoms with Gasteiger partial charge in [0.2, 0.25) is 0 Å². The van der Waals surface area contributed by atoms with Crippen LogP contribution in [0.5, 0.6) is 0 Å². The summed E-state index contributed by atoms with van der Waals surface area (Å²) in [6.07, 6.45) is 0. The minimum absolute atomic E-state index is 0.137. The zero-order valence-corrected chi connectivity index (χ0v) is 9.27. The summed E-state index contributed by atoms with van der Waals surface area (Å²) in [5, 5.41) is 30.0. The molecule has 4 heteroatoms. The fourth-order valence-electron chi connectivity index (χ4n) is 1.23. The maximum atomic E-state index is 9.09. The molecule has 0 saturated carbocycles. The molecule has 1 aromatic rings. The molecule has 0 unspecified atom stereocenters. The third-order valence-electron chi connectivity index (χ3n) is 2.47. The lowest BCUT2D eigenvalue weighted by Gasteiger charge is -2.26. The Labute approximate surface area is 95.2 Å². The van der Waals surface area contributed by atoms with Crippen molar-refractivity contribution in [2.24, 2.45) is 0 Å². The van der Waals surface area contributed by atoms with Crippen molar-refractivity contribution >= 4 is 0 Å². The van der Waals surface area contributed by atoms with Crippen LogP contribution >= 0.6 is 0 Å². The second-order valence-corrected chi connectivity index (χ2v) is 4.04. The molecule has 1 rings (SSSR count). The highest BCUT2D eigenvalue weighted by atomic mass is 16.3. The fraction of sp³-hybridized carbons (Fsp3) is 0.417. The molecule has 0 saturated heterocycles. The molecule has 0 bridgehead atoms. The van der Waals surface area contributed by atoms with E-state index in [2.05, 4.69) is 11.4 Å². The maximum absolute atomic E-state index is 9.09. The number of hydrogen-bond donors (Lipinski definition) is 3. The Bertz CT molecular complexity index is 381. The molecule has 0 heterocycles. The number of aliphatic hydroxyl groups excluding tert-OH is 2. The van der Waals surface area contributed by atoms with Gasteiger partial charge in [-0.1, -0.05) is 12.1 Å². The Balaban J connectivity index is 2.64. The van der Waals surface area contributed by atoms with Crippen LogP contribution in [0, 0.1) is 11.3 Å². The predicted molar refractivity (Wildman–Crippen MR) is 60.6 cm³/mol. The summed E-state index contributed by atoms with van der Waals surface area (Å²) in [6, 6.07) is 9.28. The molecule has 3 N–H and O–H groups in total. The number of benzene rings is 1. The molecule has 0 amide bonds. The van der Waals surface area contributed by atoms with Gasteiger partial charge >= 0.3 is 0 Å². The molecule has 86 valence electrons. The van der Waals surface area contributed by atoms with E-state index in [-0.39, 0.29) is 13.2 Å². The standard InChI is InChI=1S/C12H16N2O2/c1-12(8-15,9-16)14-7-11-4-2-3-10(5-11)6-13/h2-5,14-16H,7-9H2,1H3. The van der Waals surface area contributed by atoms with Crippen molar-refractivity contribution in [1.82, 2.24) is 5.32 Å². The van der Waals surface area contributed by atoms with Gasteiger partial charge in [-0.05, 0) is 24.6 Å². The normalized spacial score (nSPS) is 11.1. The highest BCUT2D eigenvalue weighted by molar-refractivity contribution is 5.32. The largest absolute Gasteiger partial charge is 0.394 e. The number of nitrogens with one attached hydrogen (secondary N) is 1. The lowest BCUT2D eigenvalue weighted by Crippen LogP contribution is -2.48. The monoisotopic (exact) mass is 220 g/mol. The van der Waals surface area contributed by atoms with Gasteiger partial charge in [0, 0.05) is 6.54 Å². The van der Waals surface area contributed by atoms with Crippen LogP contribution < -0.4 is 5.32 Å². The van der Waals surface area contributed by atoms with E-state index in [1.807, 2.05) is 12.1 Å². The van der Waals surface area contributed by atoms with E-state index in [1.165, 1.54) is 0 Å². The van der Waals surface area contributed by atoms with E-state index in [4.69, 9.17) is 15.5 Å². The molecule has 0 aliphatic rings. The van der Waals surface area contributed by atoms with Gasteiger partial charge in [-0.2, -0.15) is 5.26 Å². The Hall–Kier alpha value is -1.41. The van der Waals surface area contributed by atoms with Gasteiger partial charge in [-0.3, -0.25) is 0 Å². The number of nitriles is 1. The molecule has 4 nitrogen and oxygen atoms in total. The van der Waals surface area contributed by atoms with Gasteiger partial charge in [-0.25, -0.2) is 0 Å². The van der Waals surface area contributed by atoms with Crippen molar-refractivity contribution < 1.29 is 10.2 Å². The van der Waals surface area contributed by atoms with Gasteiger partial charge in [0.25, 0.3) is 0 Å². The van der Waals surface area contributed by atoms with Crippen LogP contribution in [-0.4, -0.2) is 29.0 Å². The summed E-state index contributed by atoms with van der Waals surface area (Å²) in [5.41, 5.74) is 0.865. The summed E-state index contributed by atoms with van der Waals surface area (Å²) < 4.78 is 0. The number of rotatable bonds is 5. The Morgan fingerprint density at radius 3 is 2.62 bits per heavy atom. The van der Waals surface area contributed by atoms with Crippen LogP contribution in [0.25, 0.3) is 0 Å². The number of hydrogen-bond acceptors (Lipinski definition) is 4.